The highest BCUT2D eigenvalue weighted by Crippen LogP contribution is 2.33. The fraction of sp³-hybridized carbons (Fsp3) is 0.667. The van der Waals surface area contributed by atoms with Crippen LogP contribution in [0.25, 0.3) is 0 Å². The third-order valence-corrected chi connectivity index (χ3v) is 2.89. The first-order valence-electron chi connectivity index (χ1n) is 6.21. The average Bonchev–Trinajstić information content (AvgIpc) is 3.14. The van der Waals surface area contributed by atoms with Crippen molar-refractivity contribution >= 4 is 11.6 Å². The van der Waals surface area contributed by atoms with Crippen molar-refractivity contribution in [1.82, 2.24) is 9.97 Å². The number of hydrogen-bond acceptors (Lipinski definition) is 5. The van der Waals surface area contributed by atoms with Gasteiger partial charge in [-0.2, -0.15) is 0 Å². The van der Waals surface area contributed by atoms with Crippen LogP contribution in [0.2, 0.25) is 0 Å². The molecule has 0 radical (unpaired) electrons. The highest BCUT2D eigenvalue weighted by atomic mass is 16.5. The maximum atomic E-state index is 5.35. The van der Waals surface area contributed by atoms with Gasteiger partial charge in [0.15, 0.2) is 11.6 Å². The van der Waals surface area contributed by atoms with Gasteiger partial charge in [-0.15, -0.1) is 0 Å². The van der Waals surface area contributed by atoms with Gasteiger partial charge in [0.25, 0.3) is 0 Å². The SMILES string of the molecule is CCNc1ncnc(NCCC2CC2)c1OC. The summed E-state index contributed by atoms with van der Waals surface area (Å²) in [5, 5.41) is 6.48. The molecule has 0 bridgehead atoms. The summed E-state index contributed by atoms with van der Waals surface area (Å²) in [5.74, 6) is 3.15. The Morgan fingerprint density at radius 2 is 2.00 bits per heavy atom. The second-order valence-electron chi connectivity index (χ2n) is 4.29. The highest BCUT2D eigenvalue weighted by Gasteiger charge is 2.20. The number of methoxy groups -OCH3 is 1. The predicted octanol–water partition coefficient (Wildman–Crippen LogP) is 2.13. The molecule has 1 aromatic heterocycles. The van der Waals surface area contributed by atoms with Gasteiger partial charge in [-0.3, -0.25) is 0 Å². The molecule has 0 spiro atoms. The van der Waals surface area contributed by atoms with E-state index in [1.807, 2.05) is 6.92 Å². The Balaban J connectivity index is 1.99. The molecular weight excluding hydrogens is 216 g/mol. The van der Waals surface area contributed by atoms with E-state index in [2.05, 4.69) is 20.6 Å². The van der Waals surface area contributed by atoms with Gasteiger partial charge < -0.3 is 15.4 Å². The van der Waals surface area contributed by atoms with Crippen molar-refractivity contribution < 1.29 is 4.74 Å². The third-order valence-electron chi connectivity index (χ3n) is 2.89. The minimum Gasteiger partial charge on any atom is -0.490 e. The zero-order valence-corrected chi connectivity index (χ0v) is 10.5. The highest BCUT2D eigenvalue weighted by molar-refractivity contribution is 5.63. The van der Waals surface area contributed by atoms with Crippen molar-refractivity contribution in [1.29, 1.82) is 0 Å². The van der Waals surface area contributed by atoms with Crippen molar-refractivity contribution in [3.63, 3.8) is 0 Å². The number of aromatic nitrogens is 2. The van der Waals surface area contributed by atoms with Crippen LogP contribution in [0.1, 0.15) is 26.2 Å². The average molecular weight is 236 g/mol. The first-order chi connectivity index (χ1) is 8.35. The van der Waals surface area contributed by atoms with Gasteiger partial charge >= 0.3 is 0 Å². The molecule has 1 fully saturated rings. The maximum absolute atomic E-state index is 5.35. The molecule has 17 heavy (non-hydrogen) atoms. The fourth-order valence-corrected chi connectivity index (χ4v) is 1.79. The Bertz CT molecular complexity index is 366. The topological polar surface area (TPSA) is 59.1 Å². The Morgan fingerprint density at radius 1 is 1.29 bits per heavy atom. The van der Waals surface area contributed by atoms with Crippen LogP contribution >= 0.6 is 0 Å². The summed E-state index contributed by atoms with van der Waals surface area (Å²) in [5.41, 5.74) is 0. The van der Waals surface area contributed by atoms with E-state index in [-0.39, 0.29) is 0 Å². The molecule has 0 unspecified atom stereocenters. The molecule has 5 nitrogen and oxygen atoms in total. The smallest absolute Gasteiger partial charge is 0.204 e. The summed E-state index contributed by atoms with van der Waals surface area (Å²) < 4.78 is 5.35. The van der Waals surface area contributed by atoms with Gasteiger partial charge in [0.05, 0.1) is 7.11 Å². The van der Waals surface area contributed by atoms with Crippen LogP contribution in [0.5, 0.6) is 5.75 Å². The van der Waals surface area contributed by atoms with Crippen LogP contribution in [0.15, 0.2) is 6.33 Å². The number of nitrogens with zero attached hydrogens (tertiary/aromatic N) is 2. The summed E-state index contributed by atoms with van der Waals surface area (Å²) in [4.78, 5) is 8.39. The van der Waals surface area contributed by atoms with E-state index in [9.17, 15) is 0 Å². The number of ether oxygens (including phenoxy) is 1. The molecule has 1 aliphatic carbocycles. The Kier molecular flexibility index (Phi) is 4.01. The lowest BCUT2D eigenvalue weighted by Gasteiger charge is -2.13. The largest absolute Gasteiger partial charge is 0.490 e. The number of hydrogen-bond donors (Lipinski definition) is 2. The minimum absolute atomic E-state index is 0.699. The molecule has 0 atom stereocenters. The molecular formula is C12H20N4O. The van der Waals surface area contributed by atoms with Gasteiger partial charge in [-0.1, -0.05) is 12.8 Å². The van der Waals surface area contributed by atoms with Crippen molar-refractivity contribution in [3.8, 4) is 5.75 Å². The second-order valence-corrected chi connectivity index (χ2v) is 4.29. The lowest BCUT2D eigenvalue weighted by molar-refractivity contribution is 0.414. The lowest BCUT2D eigenvalue weighted by Crippen LogP contribution is -2.09. The number of rotatable bonds is 7. The van der Waals surface area contributed by atoms with Crippen LogP contribution in [0.3, 0.4) is 0 Å². The number of nitrogens with one attached hydrogen (secondary N) is 2. The van der Waals surface area contributed by atoms with Crippen LogP contribution in [0.4, 0.5) is 11.6 Å². The predicted molar refractivity (Wildman–Crippen MR) is 68.6 cm³/mol. The summed E-state index contributed by atoms with van der Waals surface area (Å²) in [6.07, 6.45) is 5.53. The van der Waals surface area contributed by atoms with E-state index < -0.39 is 0 Å². The molecule has 1 heterocycles. The molecule has 0 aliphatic heterocycles. The van der Waals surface area contributed by atoms with E-state index in [0.29, 0.717) is 5.75 Å². The lowest BCUT2D eigenvalue weighted by atomic mass is 10.3. The zero-order chi connectivity index (χ0) is 12.1. The third kappa shape index (κ3) is 3.22. The molecule has 0 amide bonds. The van der Waals surface area contributed by atoms with Gasteiger partial charge in [0.2, 0.25) is 5.75 Å². The zero-order valence-electron chi connectivity index (χ0n) is 10.5. The Morgan fingerprint density at radius 3 is 2.59 bits per heavy atom. The van der Waals surface area contributed by atoms with Gasteiger partial charge in [-0.25, -0.2) is 9.97 Å². The van der Waals surface area contributed by atoms with E-state index in [1.54, 1.807) is 13.4 Å². The standard InChI is InChI=1S/C12H20N4O/c1-3-13-11-10(17-2)12(16-8-15-11)14-7-6-9-4-5-9/h8-9H,3-7H2,1-2H3,(H2,13,14,15,16). The molecule has 1 saturated carbocycles. The molecule has 0 aromatic carbocycles. The first-order valence-corrected chi connectivity index (χ1v) is 6.21. The van der Waals surface area contributed by atoms with Crippen molar-refractivity contribution in [2.75, 3.05) is 30.8 Å². The van der Waals surface area contributed by atoms with Gasteiger partial charge in [0.1, 0.15) is 6.33 Å². The second kappa shape index (κ2) is 5.70. The molecule has 94 valence electrons. The normalized spacial score (nSPS) is 14.5. The van der Waals surface area contributed by atoms with Crippen molar-refractivity contribution in [2.45, 2.75) is 26.2 Å². The molecule has 1 aliphatic rings. The Labute approximate surface area is 102 Å². The molecule has 1 aromatic rings. The van der Waals surface area contributed by atoms with Gasteiger partial charge in [-0.05, 0) is 19.3 Å². The van der Waals surface area contributed by atoms with Crippen LogP contribution in [0, 0.1) is 5.92 Å². The van der Waals surface area contributed by atoms with Gasteiger partial charge in [0, 0.05) is 13.1 Å². The van der Waals surface area contributed by atoms with E-state index in [1.165, 1.54) is 19.3 Å². The van der Waals surface area contributed by atoms with Crippen LogP contribution in [-0.2, 0) is 0 Å². The van der Waals surface area contributed by atoms with Crippen molar-refractivity contribution in [2.24, 2.45) is 5.92 Å². The fourth-order valence-electron chi connectivity index (χ4n) is 1.79. The quantitative estimate of drug-likeness (QED) is 0.759. The first kappa shape index (κ1) is 12.0. The molecule has 2 rings (SSSR count). The Hall–Kier alpha value is -1.52. The number of anilines is 2. The van der Waals surface area contributed by atoms with E-state index in [4.69, 9.17) is 4.74 Å². The van der Waals surface area contributed by atoms with E-state index in [0.717, 1.165) is 30.6 Å². The summed E-state index contributed by atoms with van der Waals surface area (Å²) in [6.45, 7) is 3.79. The molecule has 2 N–H and O–H groups in total. The van der Waals surface area contributed by atoms with E-state index >= 15 is 0 Å². The summed E-state index contributed by atoms with van der Waals surface area (Å²) in [6, 6.07) is 0. The minimum atomic E-state index is 0.699. The summed E-state index contributed by atoms with van der Waals surface area (Å²) in [7, 11) is 1.64. The maximum Gasteiger partial charge on any atom is 0.204 e. The van der Waals surface area contributed by atoms with Crippen molar-refractivity contribution in [3.05, 3.63) is 6.33 Å². The molecule has 5 heteroatoms. The van der Waals surface area contributed by atoms with Crippen LogP contribution in [-0.4, -0.2) is 30.2 Å². The summed E-state index contributed by atoms with van der Waals surface area (Å²) >= 11 is 0. The monoisotopic (exact) mass is 236 g/mol. The molecule has 0 saturated heterocycles. The van der Waals surface area contributed by atoms with Crippen LogP contribution < -0.4 is 15.4 Å².